The molecule has 0 unspecified atom stereocenters. The molecule has 0 bridgehead atoms. The highest BCUT2D eigenvalue weighted by atomic mass is 16.4. The minimum absolute atomic E-state index is 0.122. The molecule has 0 saturated carbocycles. The maximum atomic E-state index is 10.8. The Labute approximate surface area is 101 Å². The first-order chi connectivity index (χ1) is 8.12. The predicted octanol–water partition coefficient (Wildman–Crippen LogP) is 1.97. The number of aldehydes is 1. The second kappa shape index (κ2) is 6.03. The number of hydrogen-bond acceptors (Lipinski definition) is 3. The highest BCUT2D eigenvalue weighted by Gasteiger charge is 2.09. The van der Waals surface area contributed by atoms with Crippen molar-refractivity contribution in [1.29, 1.82) is 0 Å². The van der Waals surface area contributed by atoms with Gasteiger partial charge in [0.15, 0.2) is 0 Å². The lowest BCUT2D eigenvalue weighted by molar-refractivity contribution is -0.136. The zero-order valence-electron chi connectivity index (χ0n) is 10.1. The van der Waals surface area contributed by atoms with Gasteiger partial charge in [-0.2, -0.15) is 0 Å². The van der Waals surface area contributed by atoms with Gasteiger partial charge in [-0.25, -0.2) is 0 Å². The van der Waals surface area contributed by atoms with Crippen molar-refractivity contribution in [3.63, 3.8) is 0 Å². The van der Waals surface area contributed by atoms with Crippen molar-refractivity contribution in [2.45, 2.75) is 20.3 Å². The number of carboxylic acid groups (broad SMARTS) is 1. The predicted molar refractivity (Wildman–Crippen MR) is 66.7 cm³/mol. The van der Waals surface area contributed by atoms with Crippen molar-refractivity contribution in [1.82, 2.24) is 0 Å². The number of carbonyl (C=O) groups is 2. The summed E-state index contributed by atoms with van der Waals surface area (Å²) in [7, 11) is 0. The SMILES string of the molecule is CCN(CC)c1ccc(C=O)c(CC(=O)O)c1. The summed E-state index contributed by atoms with van der Waals surface area (Å²) < 4.78 is 0. The average molecular weight is 235 g/mol. The summed E-state index contributed by atoms with van der Waals surface area (Å²) >= 11 is 0. The van der Waals surface area contributed by atoms with Gasteiger partial charge in [-0.3, -0.25) is 9.59 Å². The van der Waals surface area contributed by atoms with Crippen LogP contribution in [0.3, 0.4) is 0 Å². The van der Waals surface area contributed by atoms with Crippen molar-refractivity contribution < 1.29 is 14.7 Å². The van der Waals surface area contributed by atoms with Crippen molar-refractivity contribution in [3.8, 4) is 0 Å². The molecule has 1 aromatic carbocycles. The minimum atomic E-state index is -0.926. The van der Waals surface area contributed by atoms with E-state index >= 15 is 0 Å². The quantitative estimate of drug-likeness (QED) is 0.766. The molecule has 4 heteroatoms. The third-order valence-corrected chi connectivity index (χ3v) is 2.72. The van der Waals surface area contributed by atoms with E-state index in [4.69, 9.17) is 5.11 Å². The number of carboxylic acids is 1. The summed E-state index contributed by atoms with van der Waals surface area (Å²) in [6, 6.07) is 5.31. The van der Waals surface area contributed by atoms with Gasteiger partial charge in [0.1, 0.15) is 6.29 Å². The maximum absolute atomic E-state index is 10.8. The number of anilines is 1. The van der Waals surface area contributed by atoms with Crippen LogP contribution in [0.1, 0.15) is 29.8 Å². The summed E-state index contributed by atoms with van der Waals surface area (Å²) in [6.45, 7) is 5.77. The lowest BCUT2D eigenvalue weighted by Gasteiger charge is -2.22. The molecule has 0 aliphatic carbocycles. The number of carbonyl (C=O) groups excluding carboxylic acids is 1. The van der Waals surface area contributed by atoms with Crippen LogP contribution in [0.25, 0.3) is 0 Å². The average Bonchev–Trinajstić information content (AvgIpc) is 2.30. The molecule has 1 rings (SSSR count). The van der Waals surface area contributed by atoms with Crippen LogP contribution in [0, 0.1) is 0 Å². The van der Waals surface area contributed by atoms with E-state index in [9.17, 15) is 9.59 Å². The van der Waals surface area contributed by atoms with Crippen LogP contribution in [0.5, 0.6) is 0 Å². The molecular weight excluding hydrogens is 218 g/mol. The molecular formula is C13H17NO3. The van der Waals surface area contributed by atoms with Gasteiger partial charge in [0, 0.05) is 24.3 Å². The molecule has 17 heavy (non-hydrogen) atoms. The standard InChI is InChI=1S/C13H17NO3/c1-3-14(4-2)12-6-5-10(9-15)11(7-12)8-13(16)17/h5-7,9H,3-4,8H2,1-2H3,(H,16,17). The normalized spacial score (nSPS) is 10.0. The number of aliphatic carboxylic acids is 1. The van der Waals surface area contributed by atoms with E-state index in [0.717, 1.165) is 18.8 Å². The van der Waals surface area contributed by atoms with Crippen LogP contribution >= 0.6 is 0 Å². The molecule has 0 aliphatic heterocycles. The van der Waals surface area contributed by atoms with Crippen molar-refractivity contribution >= 4 is 17.9 Å². The third kappa shape index (κ3) is 3.31. The molecule has 0 heterocycles. The van der Waals surface area contributed by atoms with Crippen LogP contribution in [0.2, 0.25) is 0 Å². The Bertz CT molecular complexity index is 411. The molecule has 0 saturated heterocycles. The van der Waals surface area contributed by atoms with E-state index in [1.807, 2.05) is 19.9 Å². The molecule has 1 N–H and O–H groups in total. The van der Waals surface area contributed by atoms with Crippen molar-refractivity contribution in [2.75, 3.05) is 18.0 Å². The van der Waals surface area contributed by atoms with E-state index in [1.165, 1.54) is 0 Å². The Hall–Kier alpha value is -1.84. The Morgan fingerprint density at radius 3 is 2.47 bits per heavy atom. The zero-order chi connectivity index (χ0) is 12.8. The molecule has 0 fully saturated rings. The number of nitrogens with zero attached hydrogens (tertiary/aromatic N) is 1. The Balaban J connectivity index is 3.11. The van der Waals surface area contributed by atoms with E-state index in [2.05, 4.69) is 4.90 Å². The fourth-order valence-electron chi connectivity index (χ4n) is 1.81. The van der Waals surface area contributed by atoms with Crippen molar-refractivity contribution in [2.24, 2.45) is 0 Å². The van der Waals surface area contributed by atoms with Crippen LogP contribution in [-0.4, -0.2) is 30.5 Å². The van der Waals surface area contributed by atoms with Gasteiger partial charge in [-0.1, -0.05) is 0 Å². The summed E-state index contributed by atoms with van der Waals surface area (Å²) in [5.74, 6) is -0.926. The van der Waals surface area contributed by atoms with Gasteiger partial charge >= 0.3 is 5.97 Å². The molecule has 4 nitrogen and oxygen atoms in total. The van der Waals surface area contributed by atoms with Crippen LogP contribution < -0.4 is 4.90 Å². The van der Waals surface area contributed by atoms with Gasteiger partial charge in [0.2, 0.25) is 0 Å². The van der Waals surface area contributed by atoms with E-state index in [-0.39, 0.29) is 6.42 Å². The first-order valence-electron chi connectivity index (χ1n) is 5.67. The molecule has 0 aromatic heterocycles. The second-order valence-corrected chi connectivity index (χ2v) is 3.74. The van der Waals surface area contributed by atoms with Crippen LogP contribution in [0.4, 0.5) is 5.69 Å². The topological polar surface area (TPSA) is 57.6 Å². The van der Waals surface area contributed by atoms with Crippen LogP contribution in [0.15, 0.2) is 18.2 Å². The number of hydrogen-bond donors (Lipinski definition) is 1. The molecule has 0 aliphatic rings. The van der Waals surface area contributed by atoms with Crippen LogP contribution in [-0.2, 0) is 11.2 Å². The molecule has 0 radical (unpaired) electrons. The Morgan fingerprint density at radius 1 is 1.35 bits per heavy atom. The number of rotatable bonds is 6. The summed E-state index contributed by atoms with van der Waals surface area (Å²) in [6.07, 6.45) is 0.577. The smallest absolute Gasteiger partial charge is 0.307 e. The molecule has 0 spiro atoms. The van der Waals surface area contributed by atoms with E-state index in [1.54, 1.807) is 12.1 Å². The van der Waals surface area contributed by atoms with E-state index in [0.29, 0.717) is 17.4 Å². The fraction of sp³-hybridized carbons (Fsp3) is 0.385. The van der Waals surface area contributed by atoms with Gasteiger partial charge in [0.05, 0.1) is 6.42 Å². The van der Waals surface area contributed by atoms with Gasteiger partial charge in [0.25, 0.3) is 0 Å². The zero-order valence-corrected chi connectivity index (χ0v) is 10.1. The minimum Gasteiger partial charge on any atom is -0.481 e. The highest BCUT2D eigenvalue weighted by Crippen LogP contribution is 2.19. The third-order valence-electron chi connectivity index (χ3n) is 2.72. The Morgan fingerprint density at radius 2 is 2.00 bits per heavy atom. The molecule has 92 valence electrons. The van der Waals surface area contributed by atoms with Gasteiger partial charge in [-0.15, -0.1) is 0 Å². The van der Waals surface area contributed by atoms with E-state index < -0.39 is 5.97 Å². The highest BCUT2D eigenvalue weighted by molar-refractivity contribution is 5.82. The van der Waals surface area contributed by atoms with Gasteiger partial charge in [-0.05, 0) is 37.6 Å². The first kappa shape index (κ1) is 13.2. The summed E-state index contributed by atoms with van der Waals surface area (Å²) in [4.78, 5) is 23.7. The molecule has 1 aromatic rings. The largest absolute Gasteiger partial charge is 0.481 e. The Kier molecular flexibility index (Phi) is 4.69. The fourth-order valence-corrected chi connectivity index (χ4v) is 1.81. The monoisotopic (exact) mass is 235 g/mol. The number of benzene rings is 1. The van der Waals surface area contributed by atoms with Gasteiger partial charge < -0.3 is 10.0 Å². The summed E-state index contributed by atoms with van der Waals surface area (Å²) in [5, 5.41) is 8.80. The molecule has 0 amide bonds. The molecule has 0 atom stereocenters. The lowest BCUT2D eigenvalue weighted by atomic mass is 10.0. The first-order valence-corrected chi connectivity index (χ1v) is 5.67. The lowest BCUT2D eigenvalue weighted by Crippen LogP contribution is -2.22. The maximum Gasteiger partial charge on any atom is 0.307 e. The second-order valence-electron chi connectivity index (χ2n) is 3.74. The summed E-state index contributed by atoms with van der Waals surface area (Å²) in [5.41, 5.74) is 1.97. The van der Waals surface area contributed by atoms with Crippen molar-refractivity contribution in [3.05, 3.63) is 29.3 Å².